The van der Waals surface area contributed by atoms with Crippen LogP contribution in [-0.2, 0) is 13.0 Å². The van der Waals surface area contributed by atoms with Crippen LogP contribution in [0.2, 0.25) is 0 Å². The lowest BCUT2D eigenvalue weighted by Gasteiger charge is -2.25. The molecule has 1 aliphatic rings. The minimum Gasteiger partial charge on any atom is -0.310 e. The second-order valence-corrected chi connectivity index (χ2v) is 5.13. The minimum absolute atomic E-state index is 0.640. The third kappa shape index (κ3) is 2.99. The van der Waals surface area contributed by atoms with Crippen molar-refractivity contribution >= 4 is 0 Å². The molecule has 1 N–H and O–H groups in total. The van der Waals surface area contributed by atoms with Gasteiger partial charge in [-0.2, -0.15) is 10.2 Å². The van der Waals surface area contributed by atoms with Gasteiger partial charge in [-0.1, -0.05) is 24.3 Å². The molecule has 1 aromatic carbocycles. The van der Waals surface area contributed by atoms with Gasteiger partial charge >= 0.3 is 0 Å². The normalized spacial score (nSPS) is 18.0. The zero-order valence-corrected chi connectivity index (χ0v) is 11.0. The summed E-state index contributed by atoms with van der Waals surface area (Å²) in [7, 11) is 0. The molecule has 3 heteroatoms. The maximum Gasteiger partial charge on any atom is 0.0768 e. The van der Waals surface area contributed by atoms with E-state index in [1.165, 1.54) is 30.4 Å². The number of benzene rings is 1. The molecule has 0 saturated heterocycles. The Kier molecular flexibility index (Phi) is 3.84. The molecule has 0 spiro atoms. The van der Waals surface area contributed by atoms with Gasteiger partial charge in [0.15, 0.2) is 0 Å². The van der Waals surface area contributed by atoms with Gasteiger partial charge in [-0.05, 0) is 48.4 Å². The molecule has 1 aromatic heterocycles. The van der Waals surface area contributed by atoms with E-state index in [2.05, 4.69) is 39.8 Å². The number of hydrogen-bond acceptors (Lipinski definition) is 3. The first-order valence-corrected chi connectivity index (χ1v) is 6.98. The summed E-state index contributed by atoms with van der Waals surface area (Å²) in [5.74, 6) is 0.640. The van der Waals surface area contributed by atoms with Crippen LogP contribution in [0.3, 0.4) is 0 Å². The molecule has 2 aromatic rings. The fraction of sp³-hybridized carbons (Fsp3) is 0.375. The van der Waals surface area contributed by atoms with E-state index < -0.39 is 0 Å². The molecule has 0 amide bonds. The Morgan fingerprint density at radius 3 is 3.00 bits per heavy atom. The Morgan fingerprint density at radius 1 is 1.16 bits per heavy atom. The van der Waals surface area contributed by atoms with Crippen LogP contribution in [-0.4, -0.2) is 16.7 Å². The van der Waals surface area contributed by atoms with E-state index >= 15 is 0 Å². The monoisotopic (exact) mass is 253 g/mol. The fourth-order valence-electron chi connectivity index (χ4n) is 2.87. The van der Waals surface area contributed by atoms with Gasteiger partial charge in [0.05, 0.1) is 5.69 Å². The summed E-state index contributed by atoms with van der Waals surface area (Å²) in [5, 5.41) is 11.5. The predicted octanol–water partition coefficient (Wildman–Crippen LogP) is 2.69. The molecule has 98 valence electrons. The predicted molar refractivity (Wildman–Crippen MR) is 75.9 cm³/mol. The van der Waals surface area contributed by atoms with Crippen molar-refractivity contribution < 1.29 is 0 Å². The highest BCUT2D eigenvalue weighted by Gasteiger charge is 2.18. The van der Waals surface area contributed by atoms with Gasteiger partial charge in [-0.15, -0.1) is 0 Å². The second-order valence-electron chi connectivity index (χ2n) is 5.13. The molecule has 3 nitrogen and oxygen atoms in total. The third-order valence-electron chi connectivity index (χ3n) is 3.82. The zero-order chi connectivity index (χ0) is 12.9. The molecule has 1 atom stereocenters. The van der Waals surface area contributed by atoms with Gasteiger partial charge in [0.1, 0.15) is 0 Å². The number of fused-ring (bicyclic) bond motifs is 1. The highest BCUT2D eigenvalue weighted by atomic mass is 15.1. The molecule has 3 rings (SSSR count). The second kappa shape index (κ2) is 5.93. The van der Waals surface area contributed by atoms with E-state index in [9.17, 15) is 0 Å². The van der Waals surface area contributed by atoms with Crippen LogP contribution in [0, 0.1) is 0 Å². The van der Waals surface area contributed by atoms with Crippen LogP contribution in [0.5, 0.6) is 0 Å². The number of aromatic nitrogens is 2. The van der Waals surface area contributed by atoms with Gasteiger partial charge < -0.3 is 5.32 Å². The van der Waals surface area contributed by atoms with Gasteiger partial charge in [0, 0.05) is 19.3 Å². The van der Waals surface area contributed by atoms with E-state index in [4.69, 9.17) is 0 Å². The van der Waals surface area contributed by atoms with Crippen molar-refractivity contribution in [3.05, 3.63) is 59.4 Å². The Balaban J connectivity index is 1.59. The van der Waals surface area contributed by atoms with Crippen molar-refractivity contribution in [2.45, 2.75) is 31.7 Å². The molecule has 1 aliphatic carbocycles. The number of nitrogens with zero attached hydrogens (tertiary/aromatic N) is 2. The molecular formula is C16H19N3. The van der Waals surface area contributed by atoms with Gasteiger partial charge in [0.2, 0.25) is 0 Å². The summed E-state index contributed by atoms with van der Waals surface area (Å²) in [6.45, 7) is 1.82. The summed E-state index contributed by atoms with van der Waals surface area (Å²) >= 11 is 0. The van der Waals surface area contributed by atoms with Crippen LogP contribution in [0.1, 0.15) is 35.6 Å². The molecule has 0 aliphatic heterocycles. The first kappa shape index (κ1) is 12.3. The lowest BCUT2D eigenvalue weighted by atomic mass is 9.83. The van der Waals surface area contributed by atoms with Gasteiger partial charge in [-0.25, -0.2) is 0 Å². The molecular weight excluding hydrogens is 234 g/mol. The maximum atomic E-state index is 4.09. The average molecular weight is 253 g/mol. The summed E-state index contributed by atoms with van der Waals surface area (Å²) in [5.41, 5.74) is 4.06. The van der Waals surface area contributed by atoms with Crippen LogP contribution >= 0.6 is 0 Å². The van der Waals surface area contributed by atoms with E-state index in [1.54, 1.807) is 6.20 Å². The quantitative estimate of drug-likeness (QED) is 0.910. The van der Waals surface area contributed by atoms with Crippen molar-refractivity contribution in [2.24, 2.45) is 0 Å². The first-order valence-electron chi connectivity index (χ1n) is 6.98. The molecule has 0 saturated carbocycles. The largest absolute Gasteiger partial charge is 0.310 e. The SMILES string of the molecule is c1cnnc(CNCC2CCCc3ccccc32)c1. The summed E-state index contributed by atoms with van der Waals surface area (Å²) in [4.78, 5) is 0. The molecule has 0 radical (unpaired) electrons. The van der Waals surface area contributed by atoms with E-state index in [-0.39, 0.29) is 0 Å². The number of nitrogens with one attached hydrogen (secondary N) is 1. The topological polar surface area (TPSA) is 37.8 Å². The van der Waals surface area contributed by atoms with E-state index in [0.717, 1.165) is 18.8 Å². The van der Waals surface area contributed by atoms with E-state index in [0.29, 0.717) is 5.92 Å². The first-order chi connectivity index (χ1) is 9.43. The highest BCUT2D eigenvalue weighted by Crippen LogP contribution is 2.30. The van der Waals surface area contributed by atoms with Gasteiger partial charge in [-0.3, -0.25) is 0 Å². The Morgan fingerprint density at radius 2 is 2.11 bits per heavy atom. The highest BCUT2D eigenvalue weighted by molar-refractivity contribution is 5.32. The third-order valence-corrected chi connectivity index (χ3v) is 3.82. The van der Waals surface area contributed by atoms with Crippen molar-refractivity contribution in [3.8, 4) is 0 Å². The lowest BCUT2D eigenvalue weighted by Crippen LogP contribution is -2.24. The van der Waals surface area contributed by atoms with Crippen LogP contribution in [0.25, 0.3) is 0 Å². The molecule has 1 unspecified atom stereocenters. The number of rotatable bonds is 4. The van der Waals surface area contributed by atoms with Gasteiger partial charge in [0.25, 0.3) is 0 Å². The Labute approximate surface area is 114 Å². The number of aryl methyl sites for hydroxylation is 1. The zero-order valence-electron chi connectivity index (χ0n) is 11.0. The summed E-state index contributed by atoms with van der Waals surface area (Å²) in [6, 6.07) is 12.8. The van der Waals surface area contributed by atoms with Crippen molar-refractivity contribution in [1.82, 2.24) is 15.5 Å². The van der Waals surface area contributed by atoms with Crippen molar-refractivity contribution in [2.75, 3.05) is 6.54 Å². The Hall–Kier alpha value is -1.74. The van der Waals surface area contributed by atoms with E-state index in [1.807, 2.05) is 12.1 Å². The number of hydrogen-bond donors (Lipinski definition) is 1. The Bertz CT molecular complexity index is 525. The molecule has 0 bridgehead atoms. The standard InChI is InChI=1S/C16H19N3/c1-2-9-16-13(5-1)6-3-7-14(16)11-17-12-15-8-4-10-18-19-15/h1-2,4-5,8-10,14,17H,3,6-7,11-12H2. The lowest BCUT2D eigenvalue weighted by molar-refractivity contribution is 0.504. The maximum absolute atomic E-state index is 4.09. The molecule has 19 heavy (non-hydrogen) atoms. The van der Waals surface area contributed by atoms with Crippen molar-refractivity contribution in [3.63, 3.8) is 0 Å². The average Bonchev–Trinajstić information content (AvgIpc) is 2.49. The smallest absolute Gasteiger partial charge is 0.0768 e. The minimum atomic E-state index is 0.640. The molecule has 0 fully saturated rings. The van der Waals surface area contributed by atoms with Crippen LogP contribution < -0.4 is 5.32 Å². The summed E-state index contributed by atoms with van der Waals surface area (Å²) < 4.78 is 0. The van der Waals surface area contributed by atoms with Crippen LogP contribution in [0.4, 0.5) is 0 Å². The molecule has 1 heterocycles. The summed E-state index contributed by atoms with van der Waals surface area (Å²) in [6.07, 6.45) is 5.52. The van der Waals surface area contributed by atoms with Crippen LogP contribution in [0.15, 0.2) is 42.6 Å². The fourth-order valence-corrected chi connectivity index (χ4v) is 2.87. The van der Waals surface area contributed by atoms with Crippen molar-refractivity contribution in [1.29, 1.82) is 0 Å².